The standard InChI is InChI=1S/C22H27FN4O2/c1-13-7-18-10-22(9-13,15(3)29-4)27(18)21(28)26-17-6-5-14(2)19(8-17)20-24-11-16(23)12-25-20/h5-6,8,11-13,15,18H,7,9-10H2,1-4H3,(H,26,28)/t13-,15+,18-,22+/m0/s1. The number of nitrogens with zero attached hydrogens (tertiary/aromatic N) is 3. The summed E-state index contributed by atoms with van der Waals surface area (Å²) in [5.41, 5.74) is 2.14. The highest BCUT2D eigenvalue weighted by Crippen LogP contribution is 2.52. The molecule has 1 aromatic carbocycles. The monoisotopic (exact) mass is 398 g/mol. The average molecular weight is 398 g/mol. The van der Waals surface area contributed by atoms with Crippen LogP contribution in [0.4, 0.5) is 14.9 Å². The molecule has 29 heavy (non-hydrogen) atoms. The minimum atomic E-state index is -0.480. The second-order valence-corrected chi connectivity index (χ2v) is 8.44. The molecule has 7 heteroatoms. The lowest BCUT2D eigenvalue weighted by molar-refractivity contribution is -0.155. The van der Waals surface area contributed by atoms with Gasteiger partial charge in [0, 0.05) is 24.4 Å². The number of hydrogen-bond donors (Lipinski definition) is 1. The first-order chi connectivity index (χ1) is 13.8. The molecule has 2 fully saturated rings. The lowest BCUT2D eigenvalue weighted by Crippen LogP contribution is -2.76. The number of likely N-dealkylation sites (tertiary alicyclic amines) is 1. The van der Waals surface area contributed by atoms with E-state index in [0.29, 0.717) is 17.4 Å². The number of amides is 2. The second kappa shape index (κ2) is 7.37. The Morgan fingerprint density at radius 1 is 1.34 bits per heavy atom. The molecule has 2 aliphatic rings. The van der Waals surface area contributed by atoms with Gasteiger partial charge in [0.05, 0.1) is 24.0 Å². The van der Waals surface area contributed by atoms with Gasteiger partial charge in [0.1, 0.15) is 0 Å². The van der Waals surface area contributed by atoms with Crippen LogP contribution in [0.25, 0.3) is 11.4 Å². The van der Waals surface area contributed by atoms with E-state index in [1.165, 1.54) is 0 Å². The van der Waals surface area contributed by atoms with Gasteiger partial charge < -0.3 is 15.0 Å². The number of ether oxygens (including phenoxy) is 1. The van der Waals surface area contributed by atoms with Crippen molar-refractivity contribution in [2.75, 3.05) is 12.4 Å². The molecule has 1 saturated carbocycles. The fourth-order valence-electron chi connectivity index (χ4n) is 5.06. The van der Waals surface area contributed by atoms with Crippen LogP contribution in [0, 0.1) is 18.7 Å². The van der Waals surface area contributed by atoms with Crippen LogP contribution < -0.4 is 5.32 Å². The van der Waals surface area contributed by atoms with Gasteiger partial charge >= 0.3 is 6.03 Å². The van der Waals surface area contributed by atoms with Crippen LogP contribution in [0.1, 0.15) is 38.7 Å². The lowest BCUT2D eigenvalue weighted by Gasteiger charge is -2.65. The Balaban J connectivity index is 1.57. The van der Waals surface area contributed by atoms with Gasteiger partial charge in [0.25, 0.3) is 0 Å². The van der Waals surface area contributed by atoms with Gasteiger partial charge in [-0.1, -0.05) is 13.0 Å². The van der Waals surface area contributed by atoms with Crippen molar-refractivity contribution in [2.45, 2.75) is 57.7 Å². The van der Waals surface area contributed by atoms with Crippen molar-refractivity contribution in [3.05, 3.63) is 42.0 Å². The van der Waals surface area contributed by atoms with E-state index in [1.54, 1.807) is 7.11 Å². The second-order valence-electron chi connectivity index (χ2n) is 8.44. The van der Waals surface area contributed by atoms with Gasteiger partial charge in [-0.25, -0.2) is 19.2 Å². The number of halogens is 1. The predicted molar refractivity (Wildman–Crippen MR) is 109 cm³/mol. The predicted octanol–water partition coefficient (Wildman–Crippen LogP) is 4.40. The molecule has 2 amide bonds. The maximum absolute atomic E-state index is 13.2. The summed E-state index contributed by atoms with van der Waals surface area (Å²) in [6.07, 6.45) is 5.23. The molecule has 0 spiro atoms. The molecule has 1 aromatic heterocycles. The fourth-order valence-corrected chi connectivity index (χ4v) is 5.06. The van der Waals surface area contributed by atoms with Gasteiger partial charge in [0.15, 0.2) is 11.6 Å². The van der Waals surface area contributed by atoms with E-state index >= 15 is 0 Å². The number of aryl methyl sites for hydroxylation is 1. The fraction of sp³-hybridized carbons (Fsp3) is 0.500. The number of carbonyl (C=O) groups is 1. The van der Waals surface area contributed by atoms with E-state index in [4.69, 9.17) is 4.74 Å². The third kappa shape index (κ3) is 3.37. The zero-order valence-corrected chi connectivity index (χ0v) is 17.3. The van der Waals surface area contributed by atoms with Crippen molar-refractivity contribution in [3.63, 3.8) is 0 Å². The number of nitrogens with one attached hydrogen (secondary N) is 1. The summed E-state index contributed by atoms with van der Waals surface area (Å²) in [7, 11) is 1.71. The molecule has 1 N–H and O–H groups in total. The quantitative estimate of drug-likeness (QED) is 0.829. The molecule has 154 valence electrons. The summed E-state index contributed by atoms with van der Waals surface area (Å²) in [6, 6.07) is 5.76. The van der Waals surface area contributed by atoms with E-state index in [2.05, 4.69) is 22.2 Å². The number of urea groups is 1. The van der Waals surface area contributed by atoms with Crippen LogP contribution in [0.3, 0.4) is 0 Å². The van der Waals surface area contributed by atoms with Crippen molar-refractivity contribution in [3.8, 4) is 11.4 Å². The first-order valence-corrected chi connectivity index (χ1v) is 10.1. The number of piperidine rings is 1. The Kier molecular flexibility index (Phi) is 5.02. The maximum Gasteiger partial charge on any atom is 0.322 e. The van der Waals surface area contributed by atoms with E-state index < -0.39 is 5.82 Å². The number of fused-ring (bicyclic) bond motifs is 2. The van der Waals surface area contributed by atoms with Gasteiger partial charge in [0.2, 0.25) is 0 Å². The molecule has 1 aliphatic carbocycles. The number of aromatic nitrogens is 2. The normalized spacial score (nSPS) is 26.6. The largest absolute Gasteiger partial charge is 0.379 e. The maximum atomic E-state index is 13.2. The summed E-state index contributed by atoms with van der Waals surface area (Å²) in [5.74, 6) is 0.531. The van der Waals surface area contributed by atoms with E-state index in [9.17, 15) is 9.18 Å². The van der Waals surface area contributed by atoms with Gasteiger partial charge in [-0.15, -0.1) is 0 Å². The number of benzene rings is 1. The van der Waals surface area contributed by atoms with E-state index in [0.717, 1.165) is 42.8 Å². The van der Waals surface area contributed by atoms with Crippen LogP contribution in [0.5, 0.6) is 0 Å². The Labute approximate surface area is 170 Å². The van der Waals surface area contributed by atoms with Gasteiger partial charge in [-0.05, 0) is 56.7 Å². The van der Waals surface area contributed by atoms with Crippen LogP contribution >= 0.6 is 0 Å². The molecular formula is C22H27FN4O2. The third-order valence-corrected chi connectivity index (χ3v) is 6.49. The average Bonchev–Trinajstić information content (AvgIpc) is 2.68. The lowest BCUT2D eigenvalue weighted by atomic mass is 9.62. The molecule has 2 bridgehead atoms. The van der Waals surface area contributed by atoms with Crippen molar-refractivity contribution in [1.29, 1.82) is 0 Å². The molecule has 1 saturated heterocycles. The van der Waals surface area contributed by atoms with Crippen molar-refractivity contribution in [2.24, 2.45) is 5.92 Å². The van der Waals surface area contributed by atoms with Crippen molar-refractivity contribution >= 4 is 11.7 Å². The topological polar surface area (TPSA) is 67.3 Å². The van der Waals surface area contributed by atoms with Crippen LogP contribution in [-0.4, -0.2) is 45.7 Å². The summed E-state index contributed by atoms with van der Waals surface area (Å²) >= 11 is 0. The minimum Gasteiger partial charge on any atom is -0.379 e. The Bertz CT molecular complexity index is 920. The highest BCUT2D eigenvalue weighted by molar-refractivity contribution is 5.92. The van der Waals surface area contributed by atoms with Gasteiger partial charge in [-0.3, -0.25) is 0 Å². The number of carbonyl (C=O) groups excluding carboxylic acids is 1. The molecular weight excluding hydrogens is 371 g/mol. The van der Waals surface area contributed by atoms with Crippen LogP contribution in [0.2, 0.25) is 0 Å². The van der Waals surface area contributed by atoms with E-state index in [1.807, 2.05) is 36.9 Å². The molecule has 4 rings (SSSR count). The summed E-state index contributed by atoms with van der Waals surface area (Å²) in [5, 5.41) is 3.04. The first-order valence-electron chi connectivity index (χ1n) is 10.1. The zero-order valence-electron chi connectivity index (χ0n) is 17.3. The van der Waals surface area contributed by atoms with Gasteiger partial charge in [-0.2, -0.15) is 0 Å². The number of methoxy groups -OCH3 is 1. The van der Waals surface area contributed by atoms with Crippen molar-refractivity contribution < 1.29 is 13.9 Å². The highest BCUT2D eigenvalue weighted by atomic mass is 19.1. The Hall–Kier alpha value is -2.54. The van der Waals surface area contributed by atoms with Crippen LogP contribution in [-0.2, 0) is 4.74 Å². The summed E-state index contributed by atoms with van der Waals surface area (Å²) in [6.45, 7) is 6.22. The summed E-state index contributed by atoms with van der Waals surface area (Å²) < 4.78 is 18.8. The smallest absolute Gasteiger partial charge is 0.322 e. The molecule has 0 unspecified atom stereocenters. The minimum absolute atomic E-state index is 0.0200. The number of hydrogen-bond acceptors (Lipinski definition) is 4. The molecule has 0 radical (unpaired) electrons. The number of rotatable bonds is 4. The first kappa shape index (κ1) is 19.8. The zero-order chi connectivity index (χ0) is 20.8. The number of anilines is 1. The molecule has 2 heterocycles. The SMILES string of the molecule is CO[C@H](C)[C@@]12C[C@@H](C)C[C@@H](C1)N2C(=O)Nc1ccc(C)c(-c2ncc(F)cn2)c1. The third-order valence-electron chi connectivity index (χ3n) is 6.49. The molecule has 4 atom stereocenters. The molecule has 1 aliphatic heterocycles. The molecule has 2 aromatic rings. The van der Waals surface area contributed by atoms with Crippen LogP contribution in [0.15, 0.2) is 30.6 Å². The Morgan fingerprint density at radius 2 is 2.07 bits per heavy atom. The van der Waals surface area contributed by atoms with E-state index in [-0.39, 0.29) is 23.7 Å². The highest BCUT2D eigenvalue weighted by Gasteiger charge is 2.61. The summed E-state index contributed by atoms with van der Waals surface area (Å²) in [4.78, 5) is 23.3. The molecule has 6 nitrogen and oxygen atoms in total. The Morgan fingerprint density at radius 3 is 2.76 bits per heavy atom. The van der Waals surface area contributed by atoms with Crippen molar-refractivity contribution in [1.82, 2.24) is 14.9 Å².